The van der Waals surface area contributed by atoms with Crippen molar-refractivity contribution in [1.29, 1.82) is 0 Å². The summed E-state index contributed by atoms with van der Waals surface area (Å²) in [6.07, 6.45) is -5.59. The maximum Gasteiger partial charge on any atom is 0.433 e. The van der Waals surface area contributed by atoms with Crippen LogP contribution in [0.3, 0.4) is 0 Å². The highest BCUT2D eigenvalue weighted by Crippen LogP contribution is 2.39. The van der Waals surface area contributed by atoms with Crippen LogP contribution in [0.1, 0.15) is 56.8 Å². The summed E-state index contributed by atoms with van der Waals surface area (Å²) in [5.74, 6) is -1.34. The largest absolute Gasteiger partial charge is 0.433 e. The zero-order valence-electron chi connectivity index (χ0n) is 18.7. The number of halogens is 7. The number of allylic oxidation sites excluding steroid dienone is 2. The number of nitrogens with zero attached hydrogens (tertiary/aromatic N) is 2. The molecule has 0 saturated carbocycles. The Bertz CT molecular complexity index is 933. The molecule has 0 aliphatic heterocycles. The second kappa shape index (κ2) is 12.2. The third-order valence-corrected chi connectivity index (χ3v) is 4.06. The summed E-state index contributed by atoms with van der Waals surface area (Å²) in [5, 5.41) is 0. The first-order valence-electron chi connectivity index (χ1n) is 9.71. The van der Waals surface area contributed by atoms with Crippen LogP contribution >= 0.6 is 0 Å². The molecule has 0 bridgehead atoms. The van der Waals surface area contributed by atoms with Crippen LogP contribution in [-0.2, 0) is 17.8 Å². The van der Waals surface area contributed by atoms with Crippen LogP contribution in [0, 0.1) is 5.82 Å². The number of hydrogen-bond acceptors (Lipinski definition) is 4. The van der Waals surface area contributed by atoms with Crippen molar-refractivity contribution in [3.05, 3.63) is 83.5 Å². The van der Waals surface area contributed by atoms with Crippen molar-refractivity contribution in [2.24, 2.45) is 11.5 Å². The fraction of sp³-hybridized carbons (Fsp3) is 0.364. The Labute approximate surface area is 188 Å². The zero-order valence-corrected chi connectivity index (χ0v) is 18.7. The lowest BCUT2D eigenvalue weighted by Gasteiger charge is -2.29. The van der Waals surface area contributed by atoms with Gasteiger partial charge in [-0.05, 0) is 50.1 Å². The Morgan fingerprint density at radius 1 is 1.00 bits per heavy atom. The van der Waals surface area contributed by atoms with Gasteiger partial charge in [0, 0.05) is 6.20 Å². The van der Waals surface area contributed by atoms with E-state index in [4.69, 9.17) is 11.5 Å². The lowest BCUT2D eigenvalue weighted by atomic mass is 9.77. The van der Waals surface area contributed by atoms with Gasteiger partial charge in [-0.25, -0.2) is 14.4 Å². The molecule has 0 fully saturated rings. The molecule has 0 unspecified atom stereocenters. The molecule has 0 amide bonds. The summed E-state index contributed by atoms with van der Waals surface area (Å²) in [4.78, 5) is 7.32. The first-order valence-corrected chi connectivity index (χ1v) is 9.71. The minimum Gasteiger partial charge on any atom is -0.386 e. The van der Waals surface area contributed by atoms with E-state index in [-0.39, 0.29) is 23.6 Å². The van der Waals surface area contributed by atoms with Crippen molar-refractivity contribution < 1.29 is 30.7 Å². The average Bonchev–Trinajstić information content (AvgIpc) is 2.71. The minimum atomic E-state index is -4.81. The molecular formula is C22H27F7N4. The van der Waals surface area contributed by atoms with Crippen molar-refractivity contribution in [3.63, 3.8) is 0 Å². The van der Waals surface area contributed by atoms with E-state index in [1.165, 1.54) is 6.92 Å². The van der Waals surface area contributed by atoms with Crippen molar-refractivity contribution in [2.45, 2.75) is 51.9 Å². The molecule has 0 aliphatic carbocycles. The molecule has 33 heavy (non-hydrogen) atoms. The summed E-state index contributed by atoms with van der Waals surface area (Å²) in [5.41, 5.74) is 5.24. The molecule has 1 aromatic heterocycles. The average molecular weight is 480 g/mol. The quantitative estimate of drug-likeness (QED) is 0.396. The number of hydrogen-bond donors (Lipinski definition) is 2. The Hall–Kier alpha value is -3.11. The first-order chi connectivity index (χ1) is 15.1. The molecular weight excluding hydrogens is 453 g/mol. The molecule has 0 aliphatic rings. The van der Waals surface area contributed by atoms with E-state index in [9.17, 15) is 30.7 Å². The summed E-state index contributed by atoms with van der Waals surface area (Å²) in [6, 6.07) is 2.54. The van der Waals surface area contributed by atoms with E-state index in [0.717, 1.165) is 12.3 Å². The normalized spacial score (nSPS) is 13.3. The molecule has 0 saturated heterocycles. The minimum absolute atomic E-state index is 0.0223. The monoisotopic (exact) mass is 480 g/mol. The van der Waals surface area contributed by atoms with E-state index in [2.05, 4.69) is 16.5 Å². The van der Waals surface area contributed by atoms with Crippen molar-refractivity contribution >= 4 is 0 Å². The molecule has 2 rings (SSSR count). The lowest BCUT2D eigenvalue weighted by Crippen LogP contribution is -2.28. The van der Waals surface area contributed by atoms with Gasteiger partial charge in [0.15, 0.2) is 0 Å². The van der Waals surface area contributed by atoms with Crippen LogP contribution in [-0.4, -0.2) is 9.97 Å². The van der Waals surface area contributed by atoms with Gasteiger partial charge in [0.2, 0.25) is 0 Å². The molecule has 0 radical (unpaired) electrons. The van der Waals surface area contributed by atoms with Crippen LogP contribution in [0.2, 0.25) is 0 Å². The standard InChI is InChI=1S/C18H15F7N2.C2H6N2.C2H6/c1-3-4-6-16(2,15-26-7-5-14(27-15)18(23,24)25)11-8-12(17(20,21)22)10-13(19)9-11;1-2(3)4;1-2/h3-5,7-10H,6H2,1-2H3;1,3-4H2;1-2H3/b4-3+;;/t16-;;/m1../s1. The number of rotatable bonds is 4. The summed E-state index contributed by atoms with van der Waals surface area (Å²) in [7, 11) is 0. The number of benzene rings is 1. The molecule has 184 valence electrons. The molecule has 1 atom stereocenters. The Kier molecular flexibility index (Phi) is 11.1. The van der Waals surface area contributed by atoms with E-state index in [1.54, 1.807) is 19.1 Å². The highest BCUT2D eigenvalue weighted by molar-refractivity contribution is 5.38. The van der Waals surface area contributed by atoms with E-state index < -0.39 is 34.8 Å². The number of nitrogens with two attached hydrogens (primary N) is 2. The molecule has 0 spiro atoms. The summed E-state index contributed by atoms with van der Waals surface area (Å²) >= 11 is 0. The fourth-order valence-corrected chi connectivity index (χ4v) is 2.55. The van der Waals surface area contributed by atoms with Gasteiger partial charge in [-0.2, -0.15) is 26.3 Å². The van der Waals surface area contributed by atoms with Gasteiger partial charge < -0.3 is 11.5 Å². The highest BCUT2D eigenvalue weighted by Gasteiger charge is 2.39. The Morgan fingerprint density at radius 3 is 1.97 bits per heavy atom. The predicted octanol–water partition coefficient (Wildman–Crippen LogP) is 6.33. The maximum atomic E-state index is 13.9. The van der Waals surface area contributed by atoms with Gasteiger partial charge in [-0.15, -0.1) is 0 Å². The number of aromatic nitrogens is 2. The van der Waals surface area contributed by atoms with Crippen molar-refractivity contribution in [2.75, 3.05) is 0 Å². The zero-order chi connectivity index (χ0) is 26.0. The molecule has 11 heteroatoms. The molecule has 2 aromatic rings. The smallest absolute Gasteiger partial charge is 0.386 e. The van der Waals surface area contributed by atoms with Crippen molar-refractivity contribution in [3.8, 4) is 0 Å². The molecule has 1 heterocycles. The summed E-state index contributed by atoms with van der Waals surface area (Å²) in [6.45, 7) is 10.1. The fourth-order valence-electron chi connectivity index (χ4n) is 2.55. The predicted molar refractivity (Wildman–Crippen MR) is 113 cm³/mol. The van der Waals surface area contributed by atoms with Gasteiger partial charge >= 0.3 is 12.4 Å². The number of alkyl halides is 6. The third-order valence-electron chi connectivity index (χ3n) is 4.06. The molecule has 4 nitrogen and oxygen atoms in total. The van der Waals surface area contributed by atoms with Crippen LogP contribution in [0.5, 0.6) is 0 Å². The second-order valence-corrected chi connectivity index (χ2v) is 6.67. The molecule has 4 N–H and O–H groups in total. The second-order valence-electron chi connectivity index (χ2n) is 6.67. The topological polar surface area (TPSA) is 77.8 Å². The van der Waals surface area contributed by atoms with Crippen LogP contribution in [0.25, 0.3) is 0 Å². The maximum absolute atomic E-state index is 13.9. The lowest BCUT2D eigenvalue weighted by molar-refractivity contribution is -0.141. The van der Waals surface area contributed by atoms with Gasteiger partial charge in [0.1, 0.15) is 17.3 Å². The first kappa shape index (κ1) is 29.9. The highest BCUT2D eigenvalue weighted by atomic mass is 19.4. The van der Waals surface area contributed by atoms with Crippen LogP contribution in [0.4, 0.5) is 30.7 Å². The van der Waals surface area contributed by atoms with Gasteiger partial charge in [0.25, 0.3) is 0 Å². The molecule has 1 aromatic carbocycles. The van der Waals surface area contributed by atoms with E-state index in [0.29, 0.717) is 18.2 Å². The SMILES string of the molecule is C/C=C/C[C@](C)(c1cc(F)cc(C(F)(F)F)c1)c1nccc(C(F)(F)F)n1.C=C(N)N.CC. The van der Waals surface area contributed by atoms with E-state index >= 15 is 0 Å². The summed E-state index contributed by atoms with van der Waals surface area (Å²) < 4.78 is 92.0. The Morgan fingerprint density at radius 2 is 1.52 bits per heavy atom. The third kappa shape index (κ3) is 9.11. The van der Waals surface area contributed by atoms with E-state index in [1.807, 2.05) is 13.8 Å². The van der Waals surface area contributed by atoms with Gasteiger partial charge in [0.05, 0.1) is 16.8 Å². The van der Waals surface area contributed by atoms with Gasteiger partial charge in [-0.3, -0.25) is 0 Å². The van der Waals surface area contributed by atoms with Gasteiger partial charge in [-0.1, -0.05) is 32.6 Å². The van der Waals surface area contributed by atoms with Crippen LogP contribution < -0.4 is 11.5 Å². The Balaban J connectivity index is 0.00000154. The van der Waals surface area contributed by atoms with Crippen molar-refractivity contribution in [1.82, 2.24) is 9.97 Å². The van der Waals surface area contributed by atoms with Crippen LogP contribution in [0.15, 0.2) is 55.0 Å².